The number of ketones is 1. The SMILES string of the molecule is O=C1CCCc2[nH]c(=O)c(C(=O)Oc3ccc(C4CCCCC4)cc3)cc21. The maximum atomic E-state index is 12.5. The van der Waals surface area contributed by atoms with Crippen LogP contribution in [0.4, 0.5) is 0 Å². The van der Waals surface area contributed by atoms with Crippen molar-refractivity contribution in [1.82, 2.24) is 4.98 Å². The van der Waals surface area contributed by atoms with E-state index in [1.54, 1.807) is 12.1 Å². The monoisotopic (exact) mass is 365 g/mol. The molecule has 1 fully saturated rings. The molecule has 1 aromatic heterocycles. The fourth-order valence-electron chi connectivity index (χ4n) is 4.13. The molecule has 0 saturated heterocycles. The van der Waals surface area contributed by atoms with Gasteiger partial charge in [-0.1, -0.05) is 31.4 Å². The van der Waals surface area contributed by atoms with Crippen molar-refractivity contribution in [3.05, 3.63) is 63.1 Å². The smallest absolute Gasteiger partial charge is 0.349 e. The van der Waals surface area contributed by atoms with Gasteiger partial charge in [-0.15, -0.1) is 0 Å². The minimum Gasteiger partial charge on any atom is -0.423 e. The molecular formula is C22H23NO4. The summed E-state index contributed by atoms with van der Waals surface area (Å²) >= 11 is 0. The zero-order valence-corrected chi connectivity index (χ0v) is 15.3. The molecule has 2 aromatic rings. The van der Waals surface area contributed by atoms with Crippen LogP contribution in [-0.2, 0) is 6.42 Å². The molecule has 0 aliphatic heterocycles. The molecule has 1 heterocycles. The predicted octanol–water partition coefficient (Wildman–Crippen LogP) is 4.16. The van der Waals surface area contributed by atoms with Crippen molar-refractivity contribution in [3.63, 3.8) is 0 Å². The molecule has 0 bridgehead atoms. The van der Waals surface area contributed by atoms with E-state index in [2.05, 4.69) is 4.98 Å². The Bertz CT molecular complexity index is 920. The van der Waals surface area contributed by atoms with Crippen molar-refractivity contribution < 1.29 is 14.3 Å². The van der Waals surface area contributed by atoms with Gasteiger partial charge in [-0.05, 0) is 55.4 Å². The summed E-state index contributed by atoms with van der Waals surface area (Å²) in [6.45, 7) is 0. The van der Waals surface area contributed by atoms with E-state index >= 15 is 0 Å². The third-order valence-corrected chi connectivity index (χ3v) is 5.64. The van der Waals surface area contributed by atoms with Gasteiger partial charge in [-0.3, -0.25) is 9.59 Å². The lowest BCUT2D eigenvalue weighted by molar-refractivity contribution is 0.0732. The van der Waals surface area contributed by atoms with E-state index < -0.39 is 11.5 Å². The van der Waals surface area contributed by atoms with Crippen LogP contribution < -0.4 is 10.3 Å². The van der Waals surface area contributed by atoms with Gasteiger partial charge in [-0.25, -0.2) is 4.79 Å². The molecule has 0 spiro atoms. The van der Waals surface area contributed by atoms with Crippen LogP contribution in [0.25, 0.3) is 0 Å². The van der Waals surface area contributed by atoms with Gasteiger partial charge in [0.15, 0.2) is 5.78 Å². The first-order valence-electron chi connectivity index (χ1n) is 9.73. The Morgan fingerprint density at radius 3 is 2.44 bits per heavy atom. The standard InChI is InChI=1S/C22H23NO4/c24-20-8-4-7-19-17(20)13-18(21(25)23-19)22(26)27-16-11-9-15(10-12-16)14-5-2-1-3-6-14/h9-14H,1-8H2,(H,23,25). The molecule has 5 nitrogen and oxygen atoms in total. The number of fused-ring (bicyclic) bond motifs is 1. The number of ether oxygens (including phenoxy) is 1. The van der Waals surface area contributed by atoms with Gasteiger partial charge in [0.2, 0.25) is 0 Å². The molecule has 2 aliphatic carbocycles. The summed E-state index contributed by atoms with van der Waals surface area (Å²) < 4.78 is 5.38. The van der Waals surface area contributed by atoms with E-state index in [0.717, 1.165) is 6.42 Å². The third-order valence-electron chi connectivity index (χ3n) is 5.64. The molecule has 27 heavy (non-hydrogen) atoms. The van der Waals surface area contributed by atoms with Crippen molar-refractivity contribution >= 4 is 11.8 Å². The number of hydrogen-bond acceptors (Lipinski definition) is 4. The highest BCUT2D eigenvalue weighted by atomic mass is 16.5. The lowest BCUT2D eigenvalue weighted by Crippen LogP contribution is -2.26. The van der Waals surface area contributed by atoms with E-state index in [1.807, 2.05) is 12.1 Å². The summed E-state index contributed by atoms with van der Waals surface area (Å²) in [7, 11) is 0. The Kier molecular flexibility index (Phi) is 4.92. The Labute approximate surface area is 157 Å². The van der Waals surface area contributed by atoms with Crippen molar-refractivity contribution in [2.24, 2.45) is 0 Å². The fourth-order valence-corrected chi connectivity index (χ4v) is 4.13. The van der Waals surface area contributed by atoms with Gasteiger partial charge in [0, 0.05) is 17.7 Å². The number of pyridine rings is 1. The average Bonchev–Trinajstić information content (AvgIpc) is 2.69. The summed E-state index contributed by atoms with van der Waals surface area (Å²) in [6, 6.07) is 8.94. The van der Waals surface area contributed by atoms with Crippen molar-refractivity contribution in [1.29, 1.82) is 0 Å². The van der Waals surface area contributed by atoms with Gasteiger partial charge in [-0.2, -0.15) is 0 Å². The lowest BCUT2D eigenvalue weighted by atomic mass is 9.84. The Balaban J connectivity index is 1.51. The van der Waals surface area contributed by atoms with Crippen LogP contribution in [0, 0.1) is 0 Å². The number of aromatic nitrogens is 1. The molecule has 0 amide bonds. The van der Waals surface area contributed by atoms with Crippen molar-refractivity contribution in [2.75, 3.05) is 0 Å². The molecule has 0 atom stereocenters. The summed E-state index contributed by atoms with van der Waals surface area (Å²) in [5.74, 6) is 0.210. The number of aromatic amines is 1. The lowest BCUT2D eigenvalue weighted by Gasteiger charge is -2.22. The number of H-pyrrole nitrogens is 1. The van der Waals surface area contributed by atoms with E-state index in [1.165, 1.54) is 43.7 Å². The zero-order chi connectivity index (χ0) is 18.8. The van der Waals surface area contributed by atoms with E-state index in [0.29, 0.717) is 35.8 Å². The number of nitrogens with one attached hydrogen (secondary N) is 1. The van der Waals surface area contributed by atoms with Gasteiger partial charge in [0.25, 0.3) is 5.56 Å². The van der Waals surface area contributed by atoms with Gasteiger partial charge < -0.3 is 9.72 Å². The minimum atomic E-state index is -0.733. The van der Waals surface area contributed by atoms with E-state index in [9.17, 15) is 14.4 Å². The first kappa shape index (κ1) is 17.7. The zero-order valence-electron chi connectivity index (χ0n) is 15.3. The number of hydrogen-bond donors (Lipinski definition) is 1. The number of carbonyl (C=O) groups excluding carboxylic acids is 2. The normalized spacial score (nSPS) is 17.4. The molecule has 1 N–H and O–H groups in total. The average molecular weight is 365 g/mol. The van der Waals surface area contributed by atoms with Crippen LogP contribution in [0.2, 0.25) is 0 Å². The molecule has 140 valence electrons. The van der Waals surface area contributed by atoms with Crippen LogP contribution in [0.5, 0.6) is 5.75 Å². The highest BCUT2D eigenvalue weighted by Crippen LogP contribution is 2.33. The molecule has 2 aliphatic rings. The number of rotatable bonds is 3. The number of carbonyl (C=O) groups is 2. The molecule has 5 heteroatoms. The van der Waals surface area contributed by atoms with Crippen LogP contribution >= 0.6 is 0 Å². The second kappa shape index (κ2) is 7.51. The van der Waals surface area contributed by atoms with Crippen molar-refractivity contribution in [3.8, 4) is 5.75 Å². The molecule has 1 aromatic carbocycles. The first-order valence-corrected chi connectivity index (χ1v) is 9.73. The number of aryl methyl sites for hydroxylation is 1. The number of esters is 1. The molecule has 4 rings (SSSR count). The highest BCUT2D eigenvalue weighted by Gasteiger charge is 2.23. The number of Topliss-reactive ketones (excluding diaryl/α,β-unsaturated/α-hetero) is 1. The molecule has 0 radical (unpaired) electrons. The van der Waals surface area contributed by atoms with Crippen molar-refractivity contribution in [2.45, 2.75) is 57.3 Å². The quantitative estimate of drug-likeness (QED) is 0.654. The van der Waals surface area contributed by atoms with E-state index in [-0.39, 0.29) is 11.3 Å². The predicted molar refractivity (Wildman–Crippen MR) is 102 cm³/mol. The van der Waals surface area contributed by atoms with Crippen LogP contribution in [0.15, 0.2) is 35.1 Å². The third kappa shape index (κ3) is 3.72. The Morgan fingerprint density at radius 2 is 1.70 bits per heavy atom. The summed E-state index contributed by atoms with van der Waals surface area (Å²) in [4.78, 5) is 39.4. The maximum absolute atomic E-state index is 12.5. The summed E-state index contributed by atoms with van der Waals surface area (Å²) in [5.41, 5.74) is 1.68. The van der Waals surface area contributed by atoms with Crippen LogP contribution in [-0.4, -0.2) is 16.7 Å². The van der Waals surface area contributed by atoms with E-state index in [4.69, 9.17) is 4.74 Å². The van der Waals surface area contributed by atoms with Gasteiger partial charge in [0.05, 0.1) is 0 Å². The van der Waals surface area contributed by atoms with Gasteiger partial charge in [0.1, 0.15) is 11.3 Å². The fraction of sp³-hybridized carbons (Fsp3) is 0.409. The molecule has 0 unspecified atom stereocenters. The molecular weight excluding hydrogens is 342 g/mol. The summed E-state index contributed by atoms with van der Waals surface area (Å²) in [6.07, 6.45) is 8.06. The van der Waals surface area contributed by atoms with Gasteiger partial charge >= 0.3 is 5.97 Å². The Hall–Kier alpha value is -2.69. The minimum absolute atomic E-state index is 0.0432. The number of benzene rings is 1. The highest BCUT2D eigenvalue weighted by molar-refractivity contribution is 6.00. The van der Waals surface area contributed by atoms with Crippen LogP contribution in [0.3, 0.4) is 0 Å². The topological polar surface area (TPSA) is 76.2 Å². The first-order chi connectivity index (χ1) is 13.1. The Morgan fingerprint density at radius 1 is 0.963 bits per heavy atom. The largest absolute Gasteiger partial charge is 0.423 e. The summed E-state index contributed by atoms with van der Waals surface area (Å²) in [5, 5.41) is 0. The molecule has 1 saturated carbocycles. The maximum Gasteiger partial charge on any atom is 0.349 e. The van der Waals surface area contributed by atoms with Crippen LogP contribution in [0.1, 0.15) is 82.8 Å². The second-order valence-corrected chi connectivity index (χ2v) is 7.47. The second-order valence-electron chi connectivity index (χ2n) is 7.47.